The van der Waals surface area contributed by atoms with E-state index in [2.05, 4.69) is 25.9 Å². The lowest BCUT2D eigenvalue weighted by Crippen LogP contribution is -2.30. The molecular formula is C23H25N5O5S2. The molecule has 1 aromatic heterocycles. The van der Waals surface area contributed by atoms with Gasteiger partial charge in [0.05, 0.1) is 22.0 Å². The van der Waals surface area contributed by atoms with Crippen molar-refractivity contribution in [2.75, 3.05) is 32.2 Å². The van der Waals surface area contributed by atoms with Crippen molar-refractivity contribution < 1.29 is 23.9 Å². The minimum absolute atomic E-state index is 0.00147. The number of nitrogens with zero attached hydrogens (tertiary/aromatic N) is 2. The Morgan fingerprint density at radius 2 is 2.17 bits per heavy atom. The molecule has 4 rings (SSSR count). The van der Waals surface area contributed by atoms with Crippen LogP contribution in [0.3, 0.4) is 0 Å². The SMILES string of the molecule is COCC(=O)NCCOc1ccc(N=C2NC(=O)C(=Cc3cnc(NC(=O)C4CC4)s3)S2)c(C)c1. The van der Waals surface area contributed by atoms with E-state index in [1.54, 1.807) is 18.3 Å². The van der Waals surface area contributed by atoms with Crippen LogP contribution in [-0.2, 0) is 19.1 Å². The zero-order chi connectivity index (χ0) is 24.8. The molecule has 1 aromatic carbocycles. The van der Waals surface area contributed by atoms with Crippen LogP contribution in [0.1, 0.15) is 23.3 Å². The van der Waals surface area contributed by atoms with Crippen LogP contribution in [0, 0.1) is 12.8 Å². The summed E-state index contributed by atoms with van der Waals surface area (Å²) in [5.74, 6) is 0.332. The van der Waals surface area contributed by atoms with Gasteiger partial charge >= 0.3 is 0 Å². The number of hydrogen-bond acceptors (Lipinski definition) is 9. The van der Waals surface area contributed by atoms with E-state index in [0.29, 0.717) is 39.8 Å². The number of rotatable bonds is 10. The number of thiazole rings is 1. The lowest BCUT2D eigenvalue weighted by molar-refractivity contribution is -0.124. The van der Waals surface area contributed by atoms with Gasteiger partial charge in [-0.15, -0.1) is 0 Å². The smallest absolute Gasteiger partial charge is 0.264 e. The summed E-state index contributed by atoms with van der Waals surface area (Å²) in [5, 5.41) is 9.29. The van der Waals surface area contributed by atoms with Gasteiger partial charge in [0.1, 0.15) is 19.0 Å². The molecule has 1 saturated carbocycles. The van der Waals surface area contributed by atoms with Crippen LogP contribution < -0.4 is 20.7 Å². The fraction of sp³-hybridized carbons (Fsp3) is 0.348. The van der Waals surface area contributed by atoms with Gasteiger partial charge in [0.2, 0.25) is 11.8 Å². The largest absolute Gasteiger partial charge is 0.492 e. The van der Waals surface area contributed by atoms with Gasteiger partial charge in [-0.3, -0.25) is 14.4 Å². The lowest BCUT2D eigenvalue weighted by atomic mass is 10.2. The molecule has 0 atom stereocenters. The molecule has 3 N–H and O–H groups in total. The van der Waals surface area contributed by atoms with E-state index in [9.17, 15) is 14.4 Å². The van der Waals surface area contributed by atoms with Gasteiger partial charge in [-0.25, -0.2) is 9.98 Å². The van der Waals surface area contributed by atoms with Gasteiger partial charge in [-0.05, 0) is 61.4 Å². The van der Waals surface area contributed by atoms with Gasteiger partial charge in [0.15, 0.2) is 10.3 Å². The fourth-order valence-corrected chi connectivity index (χ4v) is 4.73. The summed E-state index contributed by atoms with van der Waals surface area (Å²) in [4.78, 5) is 45.7. The normalized spacial score (nSPS) is 17.5. The number of aryl methyl sites for hydroxylation is 1. The number of benzene rings is 1. The minimum atomic E-state index is -0.237. The first-order valence-corrected chi connectivity index (χ1v) is 12.6. The third-order valence-corrected chi connectivity index (χ3v) is 6.75. The van der Waals surface area contributed by atoms with Gasteiger partial charge < -0.3 is 25.4 Å². The number of thioether (sulfide) groups is 1. The molecular weight excluding hydrogens is 490 g/mol. The molecule has 10 nitrogen and oxygen atoms in total. The summed E-state index contributed by atoms with van der Waals surface area (Å²) in [6.45, 7) is 2.62. The third kappa shape index (κ3) is 7.13. The van der Waals surface area contributed by atoms with Gasteiger partial charge in [-0.1, -0.05) is 11.3 Å². The number of aromatic nitrogens is 1. The van der Waals surface area contributed by atoms with E-state index in [4.69, 9.17) is 9.47 Å². The molecule has 1 aliphatic carbocycles. The van der Waals surface area contributed by atoms with Crippen molar-refractivity contribution in [1.82, 2.24) is 15.6 Å². The highest BCUT2D eigenvalue weighted by atomic mass is 32.2. The Morgan fingerprint density at radius 1 is 1.34 bits per heavy atom. The highest BCUT2D eigenvalue weighted by Crippen LogP contribution is 2.33. The summed E-state index contributed by atoms with van der Waals surface area (Å²) in [6, 6.07) is 5.45. The maximum Gasteiger partial charge on any atom is 0.264 e. The number of aliphatic imine (C=N–C) groups is 1. The average molecular weight is 516 g/mol. The van der Waals surface area contributed by atoms with Crippen molar-refractivity contribution >= 4 is 62.9 Å². The Labute approximate surface area is 210 Å². The Morgan fingerprint density at radius 3 is 2.91 bits per heavy atom. The van der Waals surface area contributed by atoms with Gasteiger partial charge in [0, 0.05) is 19.2 Å². The molecule has 2 heterocycles. The number of carbonyl (C=O) groups is 3. The monoisotopic (exact) mass is 515 g/mol. The number of methoxy groups -OCH3 is 1. The second-order valence-electron chi connectivity index (χ2n) is 7.89. The molecule has 12 heteroatoms. The quantitative estimate of drug-likeness (QED) is 0.328. The maximum absolute atomic E-state index is 12.4. The van der Waals surface area contributed by atoms with Crippen LogP contribution in [0.2, 0.25) is 0 Å². The Hall–Kier alpha value is -3.22. The van der Waals surface area contributed by atoms with Crippen molar-refractivity contribution in [1.29, 1.82) is 0 Å². The number of amidine groups is 1. The summed E-state index contributed by atoms with van der Waals surface area (Å²) in [7, 11) is 1.46. The fourth-order valence-electron chi connectivity index (χ4n) is 3.07. The lowest BCUT2D eigenvalue weighted by Gasteiger charge is -2.09. The highest BCUT2D eigenvalue weighted by molar-refractivity contribution is 8.18. The molecule has 2 aliphatic rings. The summed E-state index contributed by atoms with van der Waals surface area (Å²) >= 11 is 2.56. The molecule has 1 saturated heterocycles. The number of amides is 3. The predicted molar refractivity (Wildman–Crippen MR) is 136 cm³/mol. The third-order valence-electron chi connectivity index (χ3n) is 4.98. The Bertz CT molecular complexity index is 1190. The number of nitrogens with one attached hydrogen (secondary N) is 3. The second-order valence-corrected chi connectivity index (χ2v) is 9.99. The summed E-state index contributed by atoms with van der Waals surface area (Å²) in [6.07, 6.45) is 5.23. The molecule has 184 valence electrons. The topological polar surface area (TPSA) is 131 Å². The van der Waals surface area contributed by atoms with Crippen molar-refractivity contribution in [2.24, 2.45) is 10.9 Å². The van der Waals surface area contributed by atoms with Crippen molar-refractivity contribution in [3.05, 3.63) is 39.7 Å². The van der Waals surface area contributed by atoms with Crippen LogP contribution in [0.4, 0.5) is 10.8 Å². The van der Waals surface area contributed by atoms with Crippen molar-refractivity contribution in [3.63, 3.8) is 0 Å². The van der Waals surface area contributed by atoms with Crippen LogP contribution in [-0.4, -0.2) is 54.7 Å². The standard InChI is InChI=1S/C23H25N5O5S2/c1-13-9-15(33-8-7-24-19(29)12-32-2)5-6-17(13)26-23-28-21(31)18(35-23)10-16-11-25-22(34-16)27-20(30)14-3-4-14/h5-6,9-11,14H,3-4,7-8,12H2,1-2H3,(H,24,29)(H,25,27,30)(H,26,28,31). The number of hydrogen-bond donors (Lipinski definition) is 3. The first kappa shape index (κ1) is 24.9. The van der Waals surface area contributed by atoms with E-state index in [-0.39, 0.29) is 30.2 Å². The molecule has 0 bridgehead atoms. The number of carbonyl (C=O) groups excluding carboxylic acids is 3. The van der Waals surface area contributed by atoms with Crippen molar-refractivity contribution in [3.8, 4) is 5.75 Å². The molecule has 2 fully saturated rings. The first-order valence-electron chi connectivity index (χ1n) is 11.0. The summed E-state index contributed by atoms with van der Waals surface area (Å²) in [5.41, 5.74) is 1.59. The maximum atomic E-state index is 12.4. The molecule has 3 amide bonds. The molecule has 1 aliphatic heterocycles. The highest BCUT2D eigenvalue weighted by Gasteiger charge is 2.30. The summed E-state index contributed by atoms with van der Waals surface area (Å²) < 4.78 is 10.4. The Balaban J connectivity index is 1.33. The van der Waals surface area contributed by atoms with E-state index in [0.717, 1.165) is 23.3 Å². The van der Waals surface area contributed by atoms with Crippen LogP contribution in [0.15, 0.2) is 34.3 Å². The molecule has 35 heavy (non-hydrogen) atoms. The van der Waals surface area contributed by atoms with Crippen LogP contribution in [0.5, 0.6) is 5.75 Å². The van der Waals surface area contributed by atoms with Crippen LogP contribution in [0.25, 0.3) is 6.08 Å². The van der Waals surface area contributed by atoms with Gasteiger partial charge in [0.25, 0.3) is 5.91 Å². The molecule has 0 spiro atoms. The van der Waals surface area contributed by atoms with Crippen LogP contribution >= 0.6 is 23.1 Å². The minimum Gasteiger partial charge on any atom is -0.492 e. The van der Waals surface area contributed by atoms with E-state index < -0.39 is 0 Å². The Kier molecular flexibility index (Phi) is 8.16. The second kappa shape index (κ2) is 11.5. The van der Waals surface area contributed by atoms with E-state index in [1.165, 1.54) is 30.2 Å². The molecule has 0 unspecified atom stereocenters. The van der Waals surface area contributed by atoms with Gasteiger partial charge in [-0.2, -0.15) is 0 Å². The number of anilines is 1. The molecule has 2 aromatic rings. The molecule has 0 radical (unpaired) electrons. The zero-order valence-electron chi connectivity index (χ0n) is 19.3. The number of ether oxygens (including phenoxy) is 2. The predicted octanol–water partition coefficient (Wildman–Crippen LogP) is 2.83. The van der Waals surface area contributed by atoms with E-state index >= 15 is 0 Å². The average Bonchev–Trinajstić information content (AvgIpc) is 3.50. The van der Waals surface area contributed by atoms with Crippen molar-refractivity contribution in [2.45, 2.75) is 19.8 Å². The zero-order valence-corrected chi connectivity index (χ0v) is 20.9. The first-order chi connectivity index (χ1) is 16.9. The van der Waals surface area contributed by atoms with E-state index in [1.807, 2.05) is 19.1 Å².